The van der Waals surface area contributed by atoms with Crippen molar-refractivity contribution in [1.29, 1.82) is 0 Å². The number of rotatable bonds is 15. The number of aliphatic carboxylic acids is 1. The highest BCUT2D eigenvalue weighted by molar-refractivity contribution is 7.80. The maximum atomic E-state index is 13.3. The number of thiol groups is 1. The van der Waals surface area contributed by atoms with E-state index in [0.717, 1.165) is 12.0 Å². The Morgan fingerprint density at radius 1 is 1.19 bits per heavy atom. The predicted molar refractivity (Wildman–Crippen MR) is 124 cm³/mol. The molecule has 8 nitrogen and oxygen atoms in total. The van der Waals surface area contributed by atoms with Crippen LogP contribution in [-0.2, 0) is 14.3 Å². The molecule has 0 fully saturated rings. The molecule has 0 radical (unpaired) electrons. The smallest absolute Gasteiger partial charge is 0.326 e. The van der Waals surface area contributed by atoms with Crippen LogP contribution in [0.25, 0.3) is 0 Å². The Kier molecular flexibility index (Phi) is 12.1. The average Bonchev–Trinajstić information content (AvgIpc) is 2.72. The van der Waals surface area contributed by atoms with Gasteiger partial charge in [-0.3, -0.25) is 10.5 Å². The molecule has 7 N–H and O–H groups in total. The van der Waals surface area contributed by atoms with Crippen molar-refractivity contribution < 1.29 is 24.5 Å². The lowest BCUT2D eigenvalue weighted by Crippen LogP contribution is -2.62. The van der Waals surface area contributed by atoms with Crippen LogP contribution in [0.1, 0.15) is 51.0 Å². The molecule has 0 aliphatic carbocycles. The van der Waals surface area contributed by atoms with Gasteiger partial charge in [-0.2, -0.15) is 12.6 Å². The number of ether oxygens (including phenoxy) is 1. The van der Waals surface area contributed by atoms with Gasteiger partial charge in [0.1, 0.15) is 6.04 Å². The summed E-state index contributed by atoms with van der Waals surface area (Å²) in [5.41, 5.74) is 11.2. The highest BCUT2D eigenvalue weighted by Gasteiger charge is 2.45. The first kappa shape index (κ1) is 27.4. The summed E-state index contributed by atoms with van der Waals surface area (Å²) >= 11 is 4.49. The van der Waals surface area contributed by atoms with E-state index in [1.54, 1.807) is 0 Å². The Morgan fingerprint density at radius 2 is 1.84 bits per heavy atom. The van der Waals surface area contributed by atoms with Gasteiger partial charge in [-0.25, -0.2) is 4.79 Å². The lowest BCUT2D eigenvalue weighted by atomic mass is 9.84. The van der Waals surface area contributed by atoms with Crippen LogP contribution in [0, 0.1) is 5.92 Å². The predicted octanol–water partition coefficient (Wildman–Crippen LogP) is 1.48. The number of aliphatic hydroxyl groups is 1. The first-order valence-electron chi connectivity index (χ1n) is 10.7. The number of carbonyl (C=O) groups is 2. The molecule has 0 bridgehead atoms. The van der Waals surface area contributed by atoms with Crippen molar-refractivity contribution in [1.82, 2.24) is 5.32 Å². The summed E-state index contributed by atoms with van der Waals surface area (Å²) in [6, 6.07) is 8.00. The minimum Gasteiger partial charge on any atom is -0.480 e. The molecule has 5 atom stereocenters. The van der Waals surface area contributed by atoms with Crippen molar-refractivity contribution in [3.63, 3.8) is 0 Å². The van der Waals surface area contributed by atoms with Gasteiger partial charge in [0, 0.05) is 25.6 Å². The van der Waals surface area contributed by atoms with E-state index in [-0.39, 0.29) is 30.8 Å². The maximum absolute atomic E-state index is 13.3. The number of hydrogen-bond acceptors (Lipinski definition) is 7. The monoisotopic (exact) mass is 455 g/mol. The molecule has 1 aromatic rings. The van der Waals surface area contributed by atoms with Gasteiger partial charge in [0.25, 0.3) is 5.91 Å². The largest absolute Gasteiger partial charge is 0.480 e. The van der Waals surface area contributed by atoms with Crippen molar-refractivity contribution in [2.45, 2.75) is 62.5 Å². The number of nitrogens with two attached hydrogens (primary N) is 2. The summed E-state index contributed by atoms with van der Waals surface area (Å²) < 4.78 is 6.02. The van der Waals surface area contributed by atoms with Crippen LogP contribution in [0.2, 0.25) is 0 Å². The zero-order valence-electron chi connectivity index (χ0n) is 18.4. The first-order valence-corrected chi connectivity index (χ1v) is 11.2. The minimum atomic E-state index is -1.82. The lowest BCUT2D eigenvalue weighted by molar-refractivity contribution is -0.156. The Labute approximate surface area is 190 Å². The van der Waals surface area contributed by atoms with Crippen LogP contribution in [-0.4, -0.2) is 58.9 Å². The topological polar surface area (TPSA) is 148 Å². The van der Waals surface area contributed by atoms with Crippen molar-refractivity contribution in [3.05, 3.63) is 35.9 Å². The molecule has 0 spiro atoms. The van der Waals surface area contributed by atoms with Crippen molar-refractivity contribution in [2.75, 3.05) is 19.8 Å². The molecule has 1 amide bonds. The van der Waals surface area contributed by atoms with Gasteiger partial charge in [0.15, 0.2) is 0 Å². The second-order valence-electron chi connectivity index (χ2n) is 8.04. The Bertz CT molecular complexity index is 676. The molecular formula is C22H37N3O5S. The fourth-order valence-electron chi connectivity index (χ4n) is 3.42. The Hall–Kier alpha value is -1.65. The molecule has 0 aromatic heterocycles. The molecule has 0 saturated heterocycles. The molecule has 3 unspecified atom stereocenters. The van der Waals surface area contributed by atoms with E-state index in [1.165, 1.54) is 0 Å². The quantitative estimate of drug-likeness (QED) is 0.173. The standard InChI is InChI=1S/C22H37N3O5S/c1-15(8-11-23)10-13-30-22(24,21(29)25-19(9-12-26)20(27)28)18(14-16(2)31)17-6-4-3-5-7-17/h3-7,15-16,18-19,26,31H,8-14,23-24H2,1-2H3,(H,25,29)(H,27,28)/t15?,16-,18+,19?,22?/m1/s1. The van der Waals surface area contributed by atoms with Crippen LogP contribution in [0.4, 0.5) is 0 Å². The normalized spacial score (nSPS) is 17.2. The van der Waals surface area contributed by atoms with E-state index in [2.05, 4.69) is 17.9 Å². The van der Waals surface area contributed by atoms with Gasteiger partial charge >= 0.3 is 5.97 Å². The fourth-order valence-corrected chi connectivity index (χ4v) is 3.64. The lowest BCUT2D eigenvalue weighted by Gasteiger charge is -2.38. The second-order valence-corrected chi connectivity index (χ2v) is 8.92. The third-order valence-electron chi connectivity index (χ3n) is 5.28. The number of carboxylic acids is 1. The van der Waals surface area contributed by atoms with Crippen LogP contribution in [0.3, 0.4) is 0 Å². The molecular weight excluding hydrogens is 418 g/mol. The number of benzene rings is 1. The fraction of sp³-hybridized carbons (Fsp3) is 0.636. The highest BCUT2D eigenvalue weighted by atomic mass is 32.1. The molecule has 31 heavy (non-hydrogen) atoms. The molecule has 0 heterocycles. The number of carbonyl (C=O) groups excluding carboxylic acids is 1. The number of nitrogens with one attached hydrogen (secondary N) is 1. The van der Waals surface area contributed by atoms with Crippen LogP contribution >= 0.6 is 12.6 Å². The average molecular weight is 456 g/mol. The third-order valence-corrected chi connectivity index (χ3v) is 5.49. The van der Waals surface area contributed by atoms with E-state index >= 15 is 0 Å². The van der Waals surface area contributed by atoms with Crippen molar-refractivity contribution >= 4 is 24.5 Å². The summed E-state index contributed by atoms with van der Waals surface area (Å²) in [5, 5.41) is 20.9. The number of amides is 1. The van der Waals surface area contributed by atoms with Crippen LogP contribution in [0.5, 0.6) is 0 Å². The summed E-state index contributed by atoms with van der Waals surface area (Å²) in [4.78, 5) is 24.8. The third kappa shape index (κ3) is 8.78. The van der Waals surface area contributed by atoms with Crippen LogP contribution < -0.4 is 16.8 Å². The highest BCUT2D eigenvalue weighted by Crippen LogP contribution is 2.34. The molecule has 0 saturated carbocycles. The van der Waals surface area contributed by atoms with Gasteiger partial charge in [-0.05, 0) is 42.5 Å². The Morgan fingerprint density at radius 3 is 2.35 bits per heavy atom. The van der Waals surface area contributed by atoms with Crippen molar-refractivity contribution in [2.24, 2.45) is 17.4 Å². The van der Waals surface area contributed by atoms with Gasteiger partial charge in [-0.15, -0.1) is 0 Å². The van der Waals surface area contributed by atoms with Gasteiger partial charge in [-0.1, -0.05) is 44.2 Å². The molecule has 1 aromatic carbocycles. The molecule has 0 aliphatic heterocycles. The molecule has 0 aliphatic rings. The van der Waals surface area contributed by atoms with Gasteiger partial charge in [0.05, 0.1) is 0 Å². The van der Waals surface area contributed by atoms with E-state index in [4.69, 9.17) is 21.3 Å². The first-order chi connectivity index (χ1) is 14.7. The summed E-state index contributed by atoms with van der Waals surface area (Å²) in [5.74, 6) is -2.25. The second kappa shape index (κ2) is 13.7. The molecule has 9 heteroatoms. The number of carboxylic acid groups (broad SMARTS) is 1. The van der Waals surface area contributed by atoms with Gasteiger partial charge < -0.3 is 26.0 Å². The number of hydrogen-bond donors (Lipinski definition) is 6. The van der Waals surface area contributed by atoms with Crippen LogP contribution in [0.15, 0.2) is 30.3 Å². The zero-order chi connectivity index (χ0) is 23.4. The molecule has 176 valence electrons. The Balaban J connectivity index is 3.24. The maximum Gasteiger partial charge on any atom is 0.326 e. The van der Waals surface area contributed by atoms with E-state index in [1.807, 2.05) is 44.2 Å². The summed E-state index contributed by atoms with van der Waals surface area (Å²) in [6.07, 6.45) is 1.78. The van der Waals surface area contributed by atoms with E-state index in [0.29, 0.717) is 19.4 Å². The summed E-state index contributed by atoms with van der Waals surface area (Å²) in [6.45, 7) is 4.32. The SMILES string of the molecule is CC(CCN)CCOC(N)(C(=O)NC(CCO)C(=O)O)[C@@H](C[C@@H](C)S)c1ccccc1. The summed E-state index contributed by atoms with van der Waals surface area (Å²) in [7, 11) is 0. The van der Waals surface area contributed by atoms with E-state index in [9.17, 15) is 14.7 Å². The molecule has 1 rings (SSSR count). The zero-order valence-corrected chi connectivity index (χ0v) is 19.3. The van der Waals surface area contributed by atoms with E-state index < -0.39 is 29.6 Å². The number of aliphatic hydroxyl groups excluding tert-OH is 1. The van der Waals surface area contributed by atoms with Gasteiger partial charge in [0.2, 0.25) is 5.72 Å². The minimum absolute atomic E-state index is 0.0894. The van der Waals surface area contributed by atoms with Crippen molar-refractivity contribution in [3.8, 4) is 0 Å².